The van der Waals surface area contributed by atoms with Gasteiger partial charge in [0.25, 0.3) is 0 Å². The third kappa shape index (κ3) is 6.31. The van der Waals surface area contributed by atoms with Crippen LogP contribution in [0, 0.1) is 13.8 Å². The molecule has 1 saturated heterocycles. The number of aryl methyl sites for hydroxylation is 1. The Morgan fingerprint density at radius 3 is 2.71 bits per heavy atom. The number of ether oxygens (including phenoxy) is 1. The predicted octanol–water partition coefficient (Wildman–Crippen LogP) is 2.86. The summed E-state index contributed by atoms with van der Waals surface area (Å²) in [5.74, 6) is 0.858. The molecule has 0 spiro atoms. The first-order valence-electron chi connectivity index (χ1n) is 11.3. The molecule has 1 aromatic heterocycles. The second-order valence-corrected chi connectivity index (χ2v) is 8.46. The molecular weight excluding hydrogens is 388 g/mol. The number of methoxy groups -OCH3 is 1. The molecule has 0 bridgehead atoms. The van der Waals surface area contributed by atoms with Gasteiger partial charge in [0.15, 0.2) is 5.96 Å². The Morgan fingerprint density at radius 1 is 1.26 bits per heavy atom. The van der Waals surface area contributed by atoms with E-state index in [1.807, 2.05) is 11.7 Å². The molecule has 1 fully saturated rings. The summed E-state index contributed by atoms with van der Waals surface area (Å²) in [7, 11) is 3.56. The second kappa shape index (κ2) is 11.3. The van der Waals surface area contributed by atoms with Crippen molar-refractivity contribution in [1.29, 1.82) is 0 Å². The molecule has 7 heteroatoms. The zero-order valence-electron chi connectivity index (χ0n) is 19.7. The molecule has 170 valence electrons. The van der Waals surface area contributed by atoms with Gasteiger partial charge in [-0.15, -0.1) is 0 Å². The van der Waals surface area contributed by atoms with Crippen molar-refractivity contribution in [1.82, 2.24) is 25.3 Å². The molecule has 7 nitrogen and oxygen atoms in total. The Labute approximate surface area is 186 Å². The number of aliphatic imine (C=N–C) groups is 1. The molecule has 31 heavy (non-hydrogen) atoms. The Hall–Kier alpha value is -2.38. The smallest absolute Gasteiger partial charge is 0.191 e. The van der Waals surface area contributed by atoms with E-state index in [1.54, 1.807) is 7.11 Å². The van der Waals surface area contributed by atoms with E-state index in [1.165, 1.54) is 16.8 Å². The van der Waals surface area contributed by atoms with E-state index in [9.17, 15) is 0 Å². The van der Waals surface area contributed by atoms with Crippen molar-refractivity contribution in [2.45, 2.75) is 65.3 Å². The molecule has 0 amide bonds. The third-order valence-electron chi connectivity index (χ3n) is 6.28. The van der Waals surface area contributed by atoms with Gasteiger partial charge in [-0.2, -0.15) is 5.10 Å². The summed E-state index contributed by atoms with van der Waals surface area (Å²) in [6, 6.07) is 11.7. The fourth-order valence-corrected chi connectivity index (χ4v) is 4.35. The lowest BCUT2D eigenvalue weighted by Gasteiger charge is -2.38. The van der Waals surface area contributed by atoms with Gasteiger partial charge in [-0.25, -0.2) is 0 Å². The lowest BCUT2D eigenvalue weighted by molar-refractivity contribution is 0.134. The van der Waals surface area contributed by atoms with Crippen molar-refractivity contribution in [2.75, 3.05) is 27.3 Å². The predicted molar refractivity (Wildman–Crippen MR) is 126 cm³/mol. The highest BCUT2D eigenvalue weighted by Crippen LogP contribution is 2.20. The first-order valence-corrected chi connectivity index (χ1v) is 11.3. The van der Waals surface area contributed by atoms with E-state index < -0.39 is 0 Å². The molecule has 3 rings (SSSR count). The minimum atomic E-state index is 0.430. The summed E-state index contributed by atoms with van der Waals surface area (Å²) < 4.78 is 7.21. The minimum absolute atomic E-state index is 0.430. The van der Waals surface area contributed by atoms with Crippen LogP contribution in [0.1, 0.15) is 42.3 Å². The summed E-state index contributed by atoms with van der Waals surface area (Å²) in [6.45, 7) is 10.8. The van der Waals surface area contributed by atoms with Gasteiger partial charge in [0.05, 0.1) is 18.8 Å². The molecular formula is C24H38N6O. The molecule has 0 aliphatic carbocycles. The summed E-state index contributed by atoms with van der Waals surface area (Å²) in [5, 5.41) is 11.8. The zero-order valence-corrected chi connectivity index (χ0v) is 19.7. The van der Waals surface area contributed by atoms with Gasteiger partial charge in [0.2, 0.25) is 0 Å². The van der Waals surface area contributed by atoms with Crippen molar-refractivity contribution in [3.05, 3.63) is 52.8 Å². The summed E-state index contributed by atoms with van der Waals surface area (Å²) >= 11 is 0. The number of hydrogen-bond acceptors (Lipinski definition) is 4. The van der Waals surface area contributed by atoms with Gasteiger partial charge in [-0.1, -0.05) is 30.3 Å². The molecule has 1 aliphatic heterocycles. The largest absolute Gasteiger partial charge is 0.383 e. The van der Waals surface area contributed by atoms with Crippen LogP contribution < -0.4 is 10.6 Å². The second-order valence-electron chi connectivity index (χ2n) is 8.46. The minimum Gasteiger partial charge on any atom is -0.383 e. The van der Waals surface area contributed by atoms with E-state index in [-0.39, 0.29) is 0 Å². The van der Waals surface area contributed by atoms with Crippen LogP contribution in [0.15, 0.2) is 35.3 Å². The number of nitrogens with zero attached hydrogens (tertiary/aromatic N) is 4. The summed E-state index contributed by atoms with van der Waals surface area (Å²) in [5.41, 5.74) is 4.85. The first-order chi connectivity index (χ1) is 15.0. The van der Waals surface area contributed by atoms with Crippen LogP contribution in [-0.2, 0) is 24.4 Å². The van der Waals surface area contributed by atoms with Crippen molar-refractivity contribution in [3.8, 4) is 0 Å². The maximum Gasteiger partial charge on any atom is 0.191 e. The van der Waals surface area contributed by atoms with E-state index in [2.05, 4.69) is 76.7 Å². The van der Waals surface area contributed by atoms with Crippen LogP contribution >= 0.6 is 0 Å². The summed E-state index contributed by atoms with van der Waals surface area (Å²) in [6.07, 6.45) is 2.23. The lowest BCUT2D eigenvalue weighted by atomic mass is 9.97. The SMILES string of the molecule is CN=C(NCc1c(C)nn(CCOC)c1C)NC1CCN(Cc2ccccc2)C(C)C1. The zero-order chi connectivity index (χ0) is 22.2. The van der Waals surface area contributed by atoms with Crippen LogP contribution in [0.3, 0.4) is 0 Å². The van der Waals surface area contributed by atoms with Crippen molar-refractivity contribution >= 4 is 5.96 Å². The highest BCUT2D eigenvalue weighted by atomic mass is 16.5. The van der Waals surface area contributed by atoms with Gasteiger partial charge in [-0.05, 0) is 39.2 Å². The maximum atomic E-state index is 5.19. The molecule has 2 aromatic rings. The fraction of sp³-hybridized carbons (Fsp3) is 0.583. The van der Waals surface area contributed by atoms with E-state index in [0.717, 1.165) is 44.1 Å². The monoisotopic (exact) mass is 426 g/mol. The molecule has 1 aliphatic rings. The Morgan fingerprint density at radius 2 is 2.03 bits per heavy atom. The number of hydrogen-bond donors (Lipinski definition) is 2. The van der Waals surface area contributed by atoms with Gasteiger partial charge >= 0.3 is 0 Å². The van der Waals surface area contributed by atoms with Crippen molar-refractivity contribution in [2.24, 2.45) is 4.99 Å². The Bertz CT molecular complexity index is 847. The van der Waals surface area contributed by atoms with Gasteiger partial charge in [0, 0.05) is 57.1 Å². The standard InChI is InChI=1S/C24H38N6O/c1-18-15-22(11-12-29(18)17-21-9-7-6-8-10-21)27-24(25-4)26-16-23-19(2)28-30(20(23)3)13-14-31-5/h6-10,18,22H,11-17H2,1-5H3,(H2,25,26,27). The van der Waals surface area contributed by atoms with Gasteiger partial charge < -0.3 is 15.4 Å². The van der Waals surface area contributed by atoms with Crippen molar-refractivity contribution < 1.29 is 4.74 Å². The number of nitrogens with one attached hydrogen (secondary N) is 2. The number of rotatable bonds is 8. The molecule has 2 heterocycles. The third-order valence-corrected chi connectivity index (χ3v) is 6.28. The quantitative estimate of drug-likeness (QED) is 0.502. The lowest BCUT2D eigenvalue weighted by Crippen LogP contribution is -2.51. The maximum absolute atomic E-state index is 5.19. The molecule has 0 saturated carbocycles. The molecule has 0 radical (unpaired) electrons. The number of piperidine rings is 1. The molecule has 2 unspecified atom stereocenters. The van der Waals surface area contributed by atoms with Gasteiger partial charge in [0.1, 0.15) is 0 Å². The highest BCUT2D eigenvalue weighted by molar-refractivity contribution is 5.80. The molecule has 2 atom stereocenters. The molecule has 2 N–H and O–H groups in total. The van der Waals surface area contributed by atoms with E-state index in [4.69, 9.17) is 4.74 Å². The van der Waals surface area contributed by atoms with Crippen LogP contribution in [0.4, 0.5) is 0 Å². The normalized spacial score (nSPS) is 20.1. The van der Waals surface area contributed by atoms with Crippen LogP contribution in [0.2, 0.25) is 0 Å². The van der Waals surface area contributed by atoms with Crippen molar-refractivity contribution in [3.63, 3.8) is 0 Å². The Kier molecular flexibility index (Phi) is 8.49. The average molecular weight is 427 g/mol. The van der Waals surface area contributed by atoms with Crippen LogP contribution in [-0.4, -0.2) is 60.0 Å². The fourth-order valence-electron chi connectivity index (χ4n) is 4.35. The van der Waals surface area contributed by atoms with Crippen LogP contribution in [0.5, 0.6) is 0 Å². The number of likely N-dealkylation sites (tertiary alicyclic amines) is 1. The summed E-state index contributed by atoms with van der Waals surface area (Å²) in [4.78, 5) is 7.03. The first kappa shape index (κ1) is 23.3. The molecule has 1 aromatic carbocycles. The van der Waals surface area contributed by atoms with E-state index >= 15 is 0 Å². The van der Waals surface area contributed by atoms with Gasteiger partial charge in [-0.3, -0.25) is 14.6 Å². The number of aromatic nitrogens is 2. The topological polar surface area (TPSA) is 66.7 Å². The number of guanidine groups is 1. The average Bonchev–Trinajstić information content (AvgIpc) is 3.04. The number of benzene rings is 1. The Balaban J connectivity index is 1.50. The van der Waals surface area contributed by atoms with E-state index in [0.29, 0.717) is 25.2 Å². The van der Waals surface area contributed by atoms with Crippen LogP contribution in [0.25, 0.3) is 0 Å². The highest BCUT2D eigenvalue weighted by Gasteiger charge is 2.26.